The molecule has 4 fully saturated rings. The Hall–Kier alpha value is -1.35. The number of ether oxygens (including phenoxy) is 1. The Morgan fingerprint density at radius 3 is 2.89 bits per heavy atom. The van der Waals surface area contributed by atoms with E-state index in [1.165, 1.54) is 0 Å². The van der Waals surface area contributed by atoms with E-state index in [0.29, 0.717) is 12.8 Å². The van der Waals surface area contributed by atoms with E-state index in [1.807, 2.05) is 0 Å². The van der Waals surface area contributed by atoms with Gasteiger partial charge in [0.15, 0.2) is 0 Å². The lowest BCUT2D eigenvalue weighted by Gasteiger charge is -2.36. The summed E-state index contributed by atoms with van der Waals surface area (Å²) in [5.41, 5.74) is 13.5. The molecule has 4 N–H and O–H groups in total. The van der Waals surface area contributed by atoms with Crippen LogP contribution in [0.4, 0.5) is 10.2 Å². The monoisotopic (exact) mass is 376 g/mol. The molecule has 2 aliphatic heterocycles. The highest BCUT2D eigenvalue weighted by Gasteiger charge is 2.50. The minimum atomic E-state index is -0.913. The molecule has 0 radical (unpaired) electrons. The van der Waals surface area contributed by atoms with Crippen LogP contribution in [0, 0.1) is 5.92 Å². The number of nitrogens with two attached hydrogens (primary N) is 1. The molecule has 2 saturated heterocycles. The van der Waals surface area contributed by atoms with Crippen molar-refractivity contribution >= 4 is 5.82 Å². The quantitative estimate of drug-likeness (QED) is 0.728. The van der Waals surface area contributed by atoms with Crippen molar-refractivity contribution in [3.8, 4) is 0 Å². The van der Waals surface area contributed by atoms with Gasteiger partial charge in [0.1, 0.15) is 18.3 Å². The fourth-order valence-corrected chi connectivity index (χ4v) is 4.76. The number of hydrogen-bond acceptors (Lipinski definition) is 7. The highest BCUT2D eigenvalue weighted by Crippen LogP contribution is 2.45. The number of halogens is 1. The minimum absolute atomic E-state index is 0.0404. The number of nitrogens with one attached hydrogen (secondary N) is 2. The molecule has 5 unspecified atom stereocenters. The smallest absolute Gasteiger partial charge is 0.132 e. The maximum Gasteiger partial charge on any atom is 0.132 e. The van der Waals surface area contributed by atoms with Gasteiger partial charge in [-0.2, -0.15) is 0 Å². The topological polar surface area (TPSA) is 88.3 Å². The van der Waals surface area contributed by atoms with E-state index in [0.717, 1.165) is 43.9 Å². The fraction of sp³-hybridized carbons (Fsp3) is 0.789. The van der Waals surface area contributed by atoms with Crippen molar-refractivity contribution < 1.29 is 9.13 Å². The van der Waals surface area contributed by atoms with Crippen molar-refractivity contribution in [1.82, 2.24) is 20.8 Å². The number of alkyl halides is 1. The van der Waals surface area contributed by atoms with E-state index in [2.05, 4.69) is 38.7 Å². The lowest BCUT2D eigenvalue weighted by molar-refractivity contribution is -0.0886. The van der Waals surface area contributed by atoms with Crippen molar-refractivity contribution in [1.29, 1.82) is 0 Å². The summed E-state index contributed by atoms with van der Waals surface area (Å²) in [7, 11) is 0. The molecule has 0 aromatic carbocycles. The summed E-state index contributed by atoms with van der Waals surface area (Å²) >= 11 is 0. The molecule has 0 bridgehead atoms. The number of nitrogens with zero attached hydrogens (tertiary/aromatic N) is 3. The van der Waals surface area contributed by atoms with Crippen LogP contribution in [-0.2, 0) is 4.74 Å². The van der Waals surface area contributed by atoms with E-state index < -0.39 is 6.17 Å². The fourth-order valence-electron chi connectivity index (χ4n) is 4.76. The molecule has 2 aliphatic carbocycles. The summed E-state index contributed by atoms with van der Waals surface area (Å²) in [6.45, 7) is 3.85. The molecule has 148 valence electrons. The Kier molecular flexibility index (Phi) is 4.34. The summed E-state index contributed by atoms with van der Waals surface area (Å²) in [5, 5.41) is 0. The Morgan fingerprint density at radius 1 is 1.30 bits per heavy atom. The number of anilines is 1. The van der Waals surface area contributed by atoms with Crippen molar-refractivity contribution in [3.63, 3.8) is 0 Å². The number of rotatable bonds is 4. The maximum atomic E-state index is 14.6. The van der Waals surface area contributed by atoms with Crippen molar-refractivity contribution in [3.05, 3.63) is 18.1 Å². The van der Waals surface area contributed by atoms with Gasteiger partial charge in [-0.3, -0.25) is 5.43 Å². The average molecular weight is 376 g/mol. The molecule has 0 spiro atoms. The van der Waals surface area contributed by atoms with Gasteiger partial charge in [0.25, 0.3) is 0 Å². The highest BCUT2D eigenvalue weighted by atomic mass is 19.1. The predicted molar refractivity (Wildman–Crippen MR) is 99.8 cm³/mol. The summed E-state index contributed by atoms with van der Waals surface area (Å²) < 4.78 is 20.8. The zero-order valence-corrected chi connectivity index (χ0v) is 15.8. The van der Waals surface area contributed by atoms with Crippen LogP contribution < -0.4 is 21.5 Å². The second-order valence-corrected chi connectivity index (χ2v) is 8.93. The molecule has 6 atom stereocenters. The summed E-state index contributed by atoms with van der Waals surface area (Å²) in [6, 6.07) is 2.41. The van der Waals surface area contributed by atoms with Gasteiger partial charge in [0.2, 0.25) is 0 Å². The molecule has 5 rings (SSSR count). The first-order chi connectivity index (χ1) is 13.0. The number of hydrogen-bond donors (Lipinski definition) is 3. The van der Waals surface area contributed by atoms with E-state index in [-0.39, 0.29) is 35.7 Å². The maximum absolute atomic E-state index is 14.6. The van der Waals surface area contributed by atoms with Gasteiger partial charge >= 0.3 is 0 Å². The molecule has 0 amide bonds. The van der Waals surface area contributed by atoms with Gasteiger partial charge in [0, 0.05) is 37.2 Å². The molecule has 1 aromatic heterocycles. The van der Waals surface area contributed by atoms with E-state index in [1.54, 1.807) is 6.33 Å². The summed E-state index contributed by atoms with van der Waals surface area (Å²) in [6.07, 6.45) is 4.65. The summed E-state index contributed by atoms with van der Waals surface area (Å²) in [5.74, 6) is 1.18. The number of hydrazine groups is 1. The van der Waals surface area contributed by atoms with Crippen LogP contribution in [-0.4, -0.2) is 53.0 Å². The molecular weight excluding hydrogens is 347 g/mol. The second-order valence-electron chi connectivity index (χ2n) is 8.93. The van der Waals surface area contributed by atoms with Crippen molar-refractivity contribution in [2.45, 2.75) is 75.0 Å². The van der Waals surface area contributed by atoms with Crippen LogP contribution in [0.3, 0.4) is 0 Å². The zero-order chi connectivity index (χ0) is 18.6. The van der Waals surface area contributed by atoms with Crippen LogP contribution in [0.15, 0.2) is 12.4 Å². The molecule has 3 heterocycles. The molecule has 7 nitrogen and oxygen atoms in total. The lowest BCUT2D eigenvalue weighted by atomic mass is 9.78. The minimum Gasteiger partial charge on any atom is -0.369 e. The third-order valence-electron chi connectivity index (χ3n) is 6.69. The Labute approximate surface area is 159 Å². The highest BCUT2D eigenvalue weighted by molar-refractivity contribution is 5.41. The van der Waals surface area contributed by atoms with Gasteiger partial charge in [-0.1, -0.05) is 0 Å². The third kappa shape index (κ3) is 3.44. The van der Waals surface area contributed by atoms with Gasteiger partial charge in [0.05, 0.1) is 23.4 Å². The Morgan fingerprint density at radius 2 is 2.15 bits per heavy atom. The van der Waals surface area contributed by atoms with Crippen LogP contribution in [0.1, 0.15) is 50.8 Å². The molecule has 8 heteroatoms. The van der Waals surface area contributed by atoms with Crippen molar-refractivity contribution in [2.24, 2.45) is 11.7 Å². The molecule has 1 aromatic rings. The predicted octanol–water partition coefficient (Wildman–Crippen LogP) is 1.22. The van der Waals surface area contributed by atoms with Crippen LogP contribution in [0.5, 0.6) is 0 Å². The molecular formula is C19H29FN6O. The van der Waals surface area contributed by atoms with E-state index >= 15 is 0 Å². The van der Waals surface area contributed by atoms with Crippen LogP contribution in [0.25, 0.3) is 0 Å². The van der Waals surface area contributed by atoms with E-state index in [4.69, 9.17) is 10.5 Å². The summed E-state index contributed by atoms with van der Waals surface area (Å²) in [4.78, 5) is 11.2. The lowest BCUT2D eigenvalue weighted by Crippen LogP contribution is -2.45. The molecule has 2 saturated carbocycles. The first kappa shape index (κ1) is 17.7. The standard InChI is InChI=1S/C19H29FN6O/c1-19(3-4-19)27-16-6-12-14(7-13(16)20)24-25-18(12)15-8-17(23-10-22-15)26-5-2-11(21)9-26/h8,10-14,16,18,24-25H,2-7,9,21H2,1H3/t11-,12?,13?,14?,16?,18?/m1/s1. The largest absolute Gasteiger partial charge is 0.369 e. The third-order valence-corrected chi connectivity index (χ3v) is 6.69. The first-order valence-corrected chi connectivity index (χ1v) is 10.2. The number of aromatic nitrogens is 2. The average Bonchev–Trinajstić information content (AvgIpc) is 3.04. The number of fused-ring (bicyclic) bond motifs is 1. The van der Waals surface area contributed by atoms with Crippen LogP contribution >= 0.6 is 0 Å². The Balaban J connectivity index is 1.33. The molecule has 4 aliphatic rings. The SMILES string of the molecule is CC1(OC2CC3C(CC2F)NNC3c2cc(N3CC[C@@H](N)C3)ncn2)CC1. The normalized spacial score (nSPS) is 40.2. The Bertz CT molecular complexity index is 701. The zero-order valence-electron chi connectivity index (χ0n) is 15.8. The van der Waals surface area contributed by atoms with Gasteiger partial charge in [-0.25, -0.2) is 19.8 Å². The van der Waals surface area contributed by atoms with Crippen molar-refractivity contribution in [2.75, 3.05) is 18.0 Å². The van der Waals surface area contributed by atoms with Crippen LogP contribution in [0.2, 0.25) is 0 Å². The second kappa shape index (κ2) is 6.62. The van der Waals surface area contributed by atoms with Gasteiger partial charge < -0.3 is 15.4 Å². The van der Waals surface area contributed by atoms with E-state index in [9.17, 15) is 4.39 Å². The first-order valence-electron chi connectivity index (χ1n) is 10.2. The van der Waals surface area contributed by atoms with Gasteiger partial charge in [-0.05, 0) is 39.0 Å². The molecule has 27 heavy (non-hydrogen) atoms. The van der Waals surface area contributed by atoms with Gasteiger partial charge in [-0.15, -0.1) is 0 Å².